The van der Waals surface area contributed by atoms with Gasteiger partial charge in [-0.25, -0.2) is 4.68 Å². The Bertz CT molecular complexity index is 739. The lowest BCUT2D eigenvalue weighted by atomic mass is 10.2. The average Bonchev–Trinajstić information content (AvgIpc) is 2.99. The summed E-state index contributed by atoms with van der Waals surface area (Å²) in [5, 5.41) is 3.77. The fourth-order valence-corrected chi connectivity index (χ4v) is 2.81. The molecule has 0 saturated heterocycles. The molecule has 0 aliphatic rings. The lowest BCUT2D eigenvalue weighted by Crippen LogP contribution is -2.37. The van der Waals surface area contributed by atoms with Gasteiger partial charge in [0.1, 0.15) is 5.69 Å². The first-order valence-corrected chi connectivity index (χ1v) is 9.46. The van der Waals surface area contributed by atoms with E-state index in [2.05, 4.69) is 10.1 Å². The van der Waals surface area contributed by atoms with Crippen molar-refractivity contribution in [3.8, 4) is 5.69 Å². The van der Waals surface area contributed by atoms with Crippen molar-refractivity contribution in [3.05, 3.63) is 35.9 Å². The summed E-state index contributed by atoms with van der Waals surface area (Å²) < 4.78 is 38.9. The summed E-state index contributed by atoms with van der Waals surface area (Å²) in [6.45, 7) is 1.60. The summed E-state index contributed by atoms with van der Waals surface area (Å²) in [5.41, 5.74) is 0.907. The van der Waals surface area contributed by atoms with E-state index in [1.165, 1.54) is 27.5 Å². The van der Waals surface area contributed by atoms with Gasteiger partial charge in [0.2, 0.25) is 5.91 Å². The van der Waals surface area contributed by atoms with Crippen LogP contribution in [0.15, 0.2) is 30.7 Å². The molecule has 0 aliphatic carbocycles. The van der Waals surface area contributed by atoms with Gasteiger partial charge in [-0.05, 0) is 31.7 Å². The van der Waals surface area contributed by atoms with Gasteiger partial charge in [-0.15, -0.1) is 0 Å². The predicted octanol–water partition coefficient (Wildman–Crippen LogP) is 4.35. The Kier molecular flexibility index (Phi) is 6.94. The summed E-state index contributed by atoms with van der Waals surface area (Å²) in [6.07, 6.45) is 0.984. The fraction of sp³-hybridized carbons (Fsp3) is 0.438. The Morgan fingerprint density at radius 2 is 2.19 bits per heavy atom. The van der Waals surface area contributed by atoms with E-state index in [4.69, 9.17) is 11.6 Å². The van der Waals surface area contributed by atoms with Crippen molar-refractivity contribution < 1.29 is 18.0 Å². The summed E-state index contributed by atoms with van der Waals surface area (Å²) >= 11 is 7.49. The normalized spacial score (nSPS) is 12.8. The Hall–Kier alpha value is -1.74. The van der Waals surface area contributed by atoms with Crippen LogP contribution in [0.1, 0.15) is 19.8 Å². The first-order valence-electron chi connectivity index (χ1n) is 7.79. The zero-order valence-corrected chi connectivity index (χ0v) is 15.8. The molecular weight excluding hydrogens is 389 g/mol. The minimum absolute atomic E-state index is 0.0440. The van der Waals surface area contributed by atoms with E-state index in [0.717, 1.165) is 0 Å². The van der Waals surface area contributed by atoms with Crippen molar-refractivity contribution in [2.45, 2.75) is 31.2 Å². The van der Waals surface area contributed by atoms with Crippen molar-refractivity contribution in [2.24, 2.45) is 0 Å². The molecule has 0 radical (unpaired) electrons. The standard InChI is InChI=1S/C16H18ClF3N4OS/c1-11(26-2)15(25)23(8-4-6-16(18,19)20)13-10-24(22-14(13)17)12-5-3-7-21-9-12/h3,5,7,9-11H,4,6,8H2,1-2H3. The molecule has 1 unspecified atom stereocenters. The highest BCUT2D eigenvalue weighted by Crippen LogP contribution is 2.29. The second kappa shape index (κ2) is 8.77. The summed E-state index contributed by atoms with van der Waals surface area (Å²) in [5.74, 6) is -0.313. The van der Waals surface area contributed by atoms with Crippen LogP contribution in [0.4, 0.5) is 18.9 Å². The minimum atomic E-state index is -4.27. The van der Waals surface area contributed by atoms with E-state index in [0.29, 0.717) is 5.69 Å². The number of hydrogen-bond donors (Lipinski definition) is 0. The fourth-order valence-electron chi connectivity index (χ4n) is 2.25. The van der Waals surface area contributed by atoms with Crippen LogP contribution in [0.2, 0.25) is 5.15 Å². The average molecular weight is 407 g/mol. The van der Waals surface area contributed by atoms with Crippen molar-refractivity contribution >= 4 is 35.0 Å². The van der Waals surface area contributed by atoms with Gasteiger partial charge in [-0.1, -0.05) is 11.6 Å². The summed E-state index contributed by atoms with van der Waals surface area (Å²) in [6, 6.07) is 3.47. The Morgan fingerprint density at radius 1 is 1.46 bits per heavy atom. The maximum Gasteiger partial charge on any atom is 0.389 e. The van der Waals surface area contributed by atoms with Crippen molar-refractivity contribution in [3.63, 3.8) is 0 Å². The molecule has 5 nitrogen and oxygen atoms in total. The van der Waals surface area contributed by atoms with Gasteiger partial charge in [-0.2, -0.15) is 30.0 Å². The number of rotatable bonds is 7. The predicted molar refractivity (Wildman–Crippen MR) is 97.0 cm³/mol. The molecule has 0 N–H and O–H groups in total. The number of nitrogens with zero attached hydrogens (tertiary/aromatic N) is 4. The molecule has 1 atom stereocenters. The topological polar surface area (TPSA) is 51.0 Å². The third kappa shape index (κ3) is 5.38. The maximum absolute atomic E-state index is 12.6. The molecule has 0 bridgehead atoms. The number of anilines is 1. The molecule has 0 spiro atoms. The zero-order valence-electron chi connectivity index (χ0n) is 14.2. The lowest BCUT2D eigenvalue weighted by Gasteiger charge is -2.24. The van der Waals surface area contributed by atoms with E-state index < -0.39 is 17.8 Å². The molecule has 2 heterocycles. The number of aromatic nitrogens is 3. The molecule has 2 rings (SSSR count). The third-order valence-corrected chi connectivity index (χ3v) is 4.84. The highest BCUT2D eigenvalue weighted by Gasteiger charge is 2.29. The molecule has 1 amide bonds. The molecule has 2 aromatic rings. The van der Waals surface area contributed by atoms with Crippen LogP contribution < -0.4 is 4.90 Å². The van der Waals surface area contributed by atoms with E-state index >= 15 is 0 Å². The number of amides is 1. The van der Waals surface area contributed by atoms with Crippen LogP contribution >= 0.6 is 23.4 Å². The number of pyridine rings is 1. The molecule has 142 valence electrons. The Labute approximate surface area is 158 Å². The number of alkyl halides is 3. The van der Waals surface area contributed by atoms with E-state index in [-0.39, 0.29) is 29.7 Å². The lowest BCUT2D eigenvalue weighted by molar-refractivity contribution is -0.135. The van der Waals surface area contributed by atoms with Gasteiger partial charge in [0, 0.05) is 19.2 Å². The minimum Gasteiger partial charge on any atom is -0.307 e. The molecule has 0 fully saturated rings. The second-order valence-electron chi connectivity index (χ2n) is 5.55. The molecular formula is C16H18ClF3N4OS. The number of halogens is 4. The van der Waals surface area contributed by atoms with Gasteiger partial charge in [0.05, 0.1) is 23.3 Å². The van der Waals surface area contributed by atoms with Crippen molar-refractivity contribution in [1.82, 2.24) is 14.8 Å². The summed E-state index contributed by atoms with van der Waals surface area (Å²) in [4.78, 5) is 17.9. The molecule has 0 aliphatic heterocycles. The van der Waals surface area contributed by atoms with E-state index in [1.807, 2.05) is 0 Å². The first-order chi connectivity index (χ1) is 12.2. The van der Waals surface area contributed by atoms with Crippen LogP contribution in [-0.4, -0.2) is 44.9 Å². The molecule has 10 heteroatoms. The van der Waals surface area contributed by atoms with Gasteiger partial charge < -0.3 is 4.90 Å². The van der Waals surface area contributed by atoms with Crippen molar-refractivity contribution in [1.29, 1.82) is 0 Å². The molecule has 0 aromatic carbocycles. The number of carbonyl (C=O) groups excluding carboxylic acids is 1. The van der Waals surface area contributed by atoms with Gasteiger partial charge in [-0.3, -0.25) is 9.78 Å². The van der Waals surface area contributed by atoms with Crippen LogP contribution in [0.3, 0.4) is 0 Å². The van der Waals surface area contributed by atoms with Gasteiger partial charge >= 0.3 is 6.18 Å². The first kappa shape index (κ1) is 20.6. The second-order valence-corrected chi connectivity index (χ2v) is 7.08. The maximum atomic E-state index is 12.6. The smallest absolute Gasteiger partial charge is 0.307 e. The molecule has 26 heavy (non-hydrogen) atoms. The Morgan fingerprint density at radius 3 is 2.77 bits per heavy atom. The quantitative estimate of drug-likeness (QED) is 0.686. The number of thioether (sulfide) groups is 1. The van der Waals surface area contributed by atoms with Crippen LogP contribution in [0.25, 0.3) is 5.69 Å². The highest BCUT2D eigenvalue weighted by molar-refractivity contribution is 7.99. The highest BCUT2D eigenvalue weighted by atomic mass is 35.5. The largest absolute Gasteiger partial charge is 0.389 e. The van der Waals surface area contributed by atoms with Crippen LogP contribution in [0, 0.1) is 0 Å². The molecule has 2 aromatic heterocycles. The number of carbonyl (C=O) groups is 1. The number of hydrogen-bond acceptors (Lipinski definition) is 4. The third-order valence-electron chi connectivity index (χ3n) is 3.66. The zero-order chi connectivity index (χ0) is 19.3. The van der Waals surface area contributed by atoms with Gasteiger partial charge in [0.15, 0.2) is 5.15 Å². The van der Waals surface area contributed by atoms with Crippen LogP contribution in [0.5, 0.6) is 0 Å². The SMILES string of the molecule is CSC(C)C(=O)N(CCCC(F)(F)F)c1cn(-c2cccnc2)nc1Cl. The van der Waals surface area contributed by atoms with Crippen molar-refractivity contribution in [2.75, 3.05) is 17.7 Å². The monoisotopic (exact) mass is 406 g/mol. The van der Waals surface area contributed by atoms with E-state index in [9.17, 15) is 18.0 Å². The van der Waals surface area contributed by atoms with E-state index in [1.54, 1.807) is 37.7 Å². The summed E-state index contributed by atoms with van der Waals surface area (Å²) in [7, 11) is 0. The Balaban J connectivity index is 2.29. The molecule has 0 saturated carbocycles. The van der Waals surface area contributed by atoms with Crippen LogP contribution in [-0.2, 0) is 4.79 Å². The van der Waals surface area contributed by atoms with Gasteiger partial charge in [0.25, 0.3) is 0 Å².